The first-order valence-electron chi connectivity index (χ1n) is 10.4. The van der Waals surface area contributed by atoms with Crippen LogP contribution in [-0.2, 0) is 14.3 Å². The van der Waals surface area contributed by atoms with Crippen molar-refractivity contribution in [3.05, 3.63) is 50.3 Å². The summed E-state index contributed by atoms with van der Waals surface area (Å²) in [6.07, 6.45) is 4.96. The Bertz CT molecular complexity index is 899. The van der Waals surface area contributed by atoms with Gasteiger partial charge in [-0.1, -0.05) is 23.2 Å². The predicted molar refractivity (Wildman–Crippen MR) is 116 cm³/mol. The largest absolute Gasteiger partial charge is 0.505 e. The Morgan fingerprint density at radius 2 is 1.53 bits per heavy atom. The van der Waals surface area contributed by atoms with Gasteiger partial charge in [-0.15, -0.1) is 0 Å². The van der Waals surface area contributed by atoms with Crippen molar-refractivity contribution < 1.29 is 19.4 Å². The molecule has 1 aromatic rings. The molecule has 2 aliphatic carbocycles. The molecule has 0 saturated carbocycles. The van der Waals surface area contributed by atoms with Crippen molar-refractivity contribution in [3.8, 4) is 5.75 Å². The minimum Gasteiger partial charge on any atom is -0.505 e. The van der Waals surface area contributed by atoms with E-state index in [1.807, 2.05) is 0 Å². The Labute approximate surface area is 186 Å². The van der Waals surface area contributed by atoms with Crippen LogP contribution in [0.2, 0.25) is 10.0 Å². The molecule has 1 aliphatic heterocycles. The molecule has 7 heteroatoms. The molecule has 0 aromatic heterocycles. The van der Waals surface area contributed by atoms with Crippen LogP contribution in [0.1, 0.15) is 56.4 Å². The molecule has 3 aliphatic rings. The maximum atomic E-state index is 13.1. The fraction of sp³-hybridized carbons (Fsp3) is 0.478. The first-order valence-corrected chi connectivity index (χ1v) is 11.2. The van der Waals surface area contributed by atoms with E-state index < -0.39 is 5.92 Å². The van der Waals surface area contributed by atoms with Gasteiger partial charge in [0, 0.05) is 61.6 Å². The van der Waals surface area contributed by atoms with Crippen molar-refractivity contribution in [2.75, 3.05) is 20.3 Å². The highest BCUT2D eigenvalue weighted by atomic mass is 35.5. The van der Waals surface area contributed by atoms with Gasteiger partial charge in [-0.2, -0.15) is 0 Å². The van der Waals surface area contributed by atoms with Crippen LogP contribution in [0.4, 0.5) is 0 Å². The maximum Gasteiger partial charge on any atom is 0.161 e. The minimum absolute atomic E-state index is 0.0724. The number of aromatic hydroxyl groups is 1. The summed E-state index contributed by atoms with van der Waals surface area (Å²) < 4.78 is 5.23. The number of phenols is 1. The van der Waals surface area contributed by atoms with Gasteiger partial charge in [0.1, 0.15) is 0 Å². The van der Waals surface area contributed by atoms with Crippen LogP contribution in [0, 0.1) is 0 Å². The monoisotopic (exact) mass is 449 g/mol. The van der Waals surface area contributed by atoms with E-state index in [4.69, 9.17) is 27.9 Å². The topological polar surface area (TPSA) is 66.8 Å². The molecule has 0 saturated heterocycles. The van der Waals surface area contributed by atoms with Gasteiger partial charge in [0.25, 0.3) is 0 Å². The molecule has 30 heavy (non-hydrogen) atoms. The second-order valence-corrected chi connectivity index (χ2v) is 8.85. The molecule has 160 valence electrons. The number of ether oxygens (including phenoxy) is 1. The van der Waals surface area contributed by atoms with Crippen LogP contribution >= 0.6 is 23.2 Å². The lowest BCUT2D eigenvalue weighted by Gasteiger charge is -2.44. The molecule has 1 aromatic carbocycles. The Kier molecular flexibility index (Phi) is 6.24. The molecule has 0 atom stereocenters. The highest BCUT2D eigenvalue weighted by Crippen LogP contribution is 2.50. The van der Waals surface area contributed by atoms with Crippen LogP contribution in [-0.4, -0.2) is 41.8 Å². The predicted octanol–water partition coefficient (Wildman–Crippen LogP) is 5.15. The number of carbonyl (C=O) groups is 2. The van der Waals surface area contributed by atoms with Crippen LogP contribution in [0.3, 0.4) is 0 Å². The van der Waals surface area contributed by atoms with Crippen LogP contribution in [0.25, 0.3) is 0 Å². The normalized spacial score (nSPS) is 20.0. The van der Waals surface area contributed by atoms with E-state index in [0.29, 0.717) is 36.2 Å². The first-order chi connectivity index (χ1) is 14.4. The molecule has 0 spiro atoms. The summed E-state index contributed by atoms with van der Waals surface area (Å²) in [6, 6.07) is 3.26. The molecule has 4 rings (SSSR count). The van der Waals surface area contributed by atoms with Crippen molar-refractivity contribution in [2.24, 2.45) is 0 Å². The molecule has 0 radical (unpaired) electrons. The Balaban J connectivity index is 1.91. The van der Waals surface area contributed by atoms with E-state index in [1.165, 1.54) is 0 Å². The third kappa shape index (κ3) is 3.68. The number of allylic oxidation sites excluding steroid dienone is 4. The zero-order valence-electron chi connectivity index (χ0n) is 17.0. The molecule has 0 fully saturated rings. The van der Waals surface area contributed by atoms with E-state index in [9.17, 15) is 14.7 Å². The number of ketones is 2. The standard InChI is InChI=1S/C23H25Cl2NO4/c1-30-10-4-9-26-16-5-2-7-18(27)21(16)20(22-17(26)6-3-8-19(22)28)13-11-14(24)23(29)15(25)12-13/h11-12,20,29H,2-10H2,1H3. The zero-order chi connectivity index (χ0) is 21.4. The third-order valence-electron chi connectivity index (χ3n) is 6.19. The number of methoxy groups -OCH3 is 1. The van der Waals surface area contributed by atoms with Crippen molar-refractivity contribution >= 4 is 34.8 Å². The summed E-state index contributed by atoms with van der Waals surface area (Å²) in [6.45, 7) is 1.34. The number of Topliss-reactive ketones (excluding diaryl/α,β-unsaturated/α-hetero) is 2. The van der Waals surface area contributed by atoms with Gasteiger partial charge < -0.3 is 14.7 Å². The van der Waals surface area contributed by atoms with Crippen molar-refractivity contribution in [3.63, 3.8) is 0 Å². The van der Waals surface area contributed by atoms with E-state index in [-0.39, 0.29) is 27.4 Å². The first kappa shape index (κ1) is 21.4. The Morgan fingerprint density at radius 1 is 1.00 bits per heavy atom. The lowest BCUT2D eigenvalue weighted by Crippen LogP contribution is -2.39. The van der Waals surface area contributed by atoms with Crippen molar-refractivity contribution in [1.29, 1.82) is 0 Å². The fourth-order valence-corrected chi connectivity index (χ4v) is 5.44. The minimum atomic E-state index is -0.482. The molecule has 1 N–H and O–H groups in total. The molecule has 1 heterocycles. The van der Waals surface area contributed by atoms with Gasteiger partial charge >= 0.3 is 0 Å². The number of hydrogen-bond donors (Lipinski definition) is 1. The van der Waals surface area contributed by atoms with Crippen molar-refractivity contribution in [1.82, 2.24) is 4.90 Å². The van der Waals surface area contributed by atoms with Crippen LogP contribution < -0.4 is 0 Å². The second kappa shape index (κ2) is 8.74. The van der Waals surface area contributed by atoms with Gasteiger partial charge in [-0.25, -0.2) is 0 Å². The number of phenolic OH excluding ortho intramolecular Hbond substituents is 1. The number of benzene rings is 1. The number of halogens is 2. The van der Waals surface area contributed by atoms with Gasteiger partial charge in [0.05, 0.1) is 10.0 Å². The number of rotatable bonds is 5. The van der Waals surface area contributed by atoms with E-state index in [2.05, 4.69) is 4.90 Å². The number of carbonyl (C=O) groups excluding carboxylic acids is 2. The zero-order valence-corrected chi connectivity index (χ0v) is 18.5. The lowest BCUT2D eigenvalue weighted by atomic mass is 9.71. The quantitative estimate of drug-likeness (QED) is 0.629. The molecule has 0 unspecified atom stereocenters. The van der Waals surface area contributed by atoms with Gasteiger partial charge in [0.15, 0.2) is 17.3 Å². The molecule has 0 bridgehead atoms. The fourth-order valence-electron chi connectivity index (χ4n) is 4.94. The summed E-state index contributed by atoms with van der Waals surface area (Å²) in [5.74, 6) is -0.524. The third-order valence-corrected chi connectivity index (χ3v) is 6.77. The van der Waals surface area contributed by atoms with Gasteiger partial charge in [0.2, 0.25) is 0 Å². The van der Waals surface area contributed by atoms with E-state index in [1.54, 1.807) is 19.2 Å². The molecular formula is C23H25Cl2NO4. The number of hydrogen-bond acceptors (Lipinski definition) is 5. The van der Waals surface area contributed by atoms with Gasteiger partial charge in [-0.3, -0.25) is 9.59 Å². The Hall–Kier alpha value is -1.82. The van der Waals surface area contributed by atoms with Crippen molar-refractivity contribution in [2.45, 2.75) is 50.9 Å². The highest BCUT2D eigenvalue weighted by Gasteiger charge is 2.43. The average molecular weight is 450 g/mol. The number of nitrogens with zero attached hydrogens (tertiary/aromatic N) is 1. The second-order valence-electron chi connectivity index (χ2n) is 8.04. The van der Waals surface area contributed by atoms with Crippen LogP contribution in [0.15, 0.2) is 34.7 Å². The molecule has 0 amide bonds. The van der Waals surface area contributed by atoms with Gasteiger partial charge in [-0.05, 0) is 49.8 Å². The Morgan fingerprint density at radius 3 is 2.03 bits per heavy atom. The lowest BCUT2D eigenvalue weighted by molar-refractivity contribution is -0.117. The van der Waals surface area contributed by atoms with E-state index in [0.717, 1.165) is 50.0 Å². The highest BCUT2D eigenvalue weighted by molar-refractivity contribution is 6.37. The van der Waals surface area contributed by atoms with E-state index >= 15 is 0 Å². The average Bonchev–Trinajstić information content (AvgIpc) is 2.72. The summed E-state index contributed by atoms with van der Waals surface area (Å²) in [5.41, 5.74) is 4.09. The summed E-state index contributed by atoms with van der Waals surface area (Å²) >= 11 is 12.4. The summed E-state index contributed by atoms with van der Waals surface area (Å²) in [7, 11) is 1.67. The molecular weight excluding hydrogens is 425 g/mol. The van der Waals surface area contributed by atoms with Crippen LogP contribution in [0.5, 0.6) is 5.75 Å². The maximum absolute atomic E-state index is 13.1. The summed E-state index contributed by atoms with van der Waals surface area (Å²) in [4.78, 5) is 28.5. The summed E-state index contributed by atoms with van der Waals surface area (Å²) in [5, 5.41) is 10.3. The molecule has 5 nitrogen and oxygen atoms in total. The smallest absolute Gasteiger partial charge is 0.161 e. The SMILES string of the molecule is COCCCN1C2=C(C(=O)CCC2)C(c2cc(Cl)c(O)c(Cl)c2)C2=C1CCCC2=O.